The largest absolute Gasteiger partial charge is 0.466 e. The summed E-state index contributed by atoms with van der Waals surface area (Å²) in [5.74, 6) is 0.799. The number of thiazole rings is 1. The lowest BCUT2D eigenvalue weighted by atomic mass is 10.1. The van der Waals surface area contributed by atoms with E-state index in [0.717, 1.165) is 48.1 Å². The molecular weight excluding hydrogens is 358 g/mol. The molecule has 6 heteroatoms. The van der Waals surface area contributed by atoms with Crippen molar-refractivity contribution in [2.45, 2.75) is 39.0 Å². The van der Waals surface area contributed by atoms with Gasteiger partial charge in [-0.25, -0.2) is 9.97 Å². The van der Waals surface area contributed by atoms with Crippen molar-refractivity contribution in [3.8, 4) is 0 Å². The minimum absolute atomic E-state index is 0.101. The summed E-state index contributed by atoms with van der Waals surface area (Å²) in [6.45, 7) is 6.83. The maximum Gasteiger partial charge on any atom is 0.305 e. The standard InChI is InChI=1S/C21H27N3O2S/c1-3-5-12-18-17-23-21(27-18)24(19-13-9-10-15-22-19)16-11-7-6-8-14-20(25)26-4-2/h3,5,9-10,12-13,15,17H,1,4,6-8,11,14,16H2,2H3/b12-5-. The average molecular weight is 386 g/mol. The molecule has 0 aliphatic rings. The topological polar surface area (TPSA) is 55.3 Å². The van der Waals surface area contributed by atoms with Gasteiger partial charge < -0.3 is 9.64 Å². The van der Waals surface area contributed by atoms with E-state index in [9.17, 15) is 4.79 Å². The van der Waals surface area contributed by atoms with E-state index in [1.54, 1.807) is 23.6 Å². The van der Waals surface area contributed by atoms with Crippen LogP contribution in [0.5, 0.6) is 0 Å². The molecule has 0 radical (unpaired) electrons. The summed E-state index contributed by atoms with van der Waals surface area (Å²) in [4.78, 5) is 23.7. The zero-order valence-electron chi connectivity index (χ0n) is 15.8. The van der Waals surface area contributed by atoms with Crippen LogP contribution >= 0.6 is 11.3 Å². The number of aromatic nitrogens is 2. The molecule has 0 N–H and O–H groups in total. The van der Waals surface area contributed by atoms with Crippen LogP contribution in [-0.2, 0) is 9.53 Å². The number of nitrogens with zero attached hydrogens (tertiary/aromatic N) is 3. The number of esters is 1. The number of carbonyl (C=O) groups excluding carboxylic acids is 1. The molecule has 2 heterocycles. The molecule has 2 rings (SSSR count). The summed E-state index contributed by atoms with van der Waals surface area (Å²) in [5.41, 5.74) is 0. The van der Waals surface area contributed by atoms with E-state index in [-0.39, 0.29) is 5.97 Å². The molecule has 0 unspecified atom stereocenters. The van der Waals surface area contributed by atoms with Crippen molar-refractivity contribution < 1.29 is 9.53 Å². The number of anilines is 2. The van der Waals surface area contributed by atoms with Gasteiger partial charge in [0.25, 0.3) is 0 Å². The molecule has 0 amide bonds. The second kappa shape index (κ2) is 12.0. The Bertz CT molecular complexity index is 728. The Morgan fingerprint density at radius 3 is 2.85 bits per heavy atom. The summed E-state index contributed by atoms with van der Waals surface area (Å²) in [6.07, 6.45) is 13.8. The highest BCUT2D eigenvalue weighted by molar-refractivity contribution is 7.16. The number of allylic oxidation sites excluding steroid dienone is 2. The first kappa shape index (κ1) is 20.8. The van der Waals surface area contributed by atoms with Gasteiger partial charge in [-0.3, -0.25) is 4.79 Å². The van der Waals surface area contributed by atoms with Crippen LogP contribution in [0, 0.1) is 0 Å². The molecule has 144 valence electrons. The Morgan fingerprint density at radius 2 is 2.11 bits per heavy atom. The third-order valence-corrected chi connectivity index (χ3v) is 4.87. The maximum absolute atomic E-state index is 11.4. The third kappa shape index (κ3) is 7.35. The van der Waals surface area contributed by atoms with Gasteiger partial charge in [0.2, 0.25) is 0 Å². The summed E-state index contributed by atoms with van der Waals surface area (Å²) < 4.78 is 4.96. The first-order valence-corrected chi connectivity index (χ1v) is 10.2. The van der Waals surface area contributed by atoms with Crippen molar-refractivity contribution in [3.63, 3.8) is 0 Å². The predicted molar refractivity (Wildman–Crippen MR) is 112 cm³/mol. The zero-order valence-corrected chi connectivity index (χ0v) is 16.7. The van der Waals surface area contributed by atoms with Crippen LogP contribution < -0.4 is 4.90 Å². The molecule has 0 aliphatic heterocycles. The molecule has 27 heavy (non-hydrogen) atoms. The van der Waals surface area contributed by atoms with Gasteiger partial charge in [-0.1, -0.05) is 49.0 Å². The number of pyridine rings is 1. The highest BCUT2D eigenvalue weighted by Gasteiger charge is 2.13. The van der Waals surface area contributed by atoms with Crippen LogP contribution in [0.2, 0.25) is 0 Å². The normalized spacial score (nSPS) is 10.9. The van der Waals surface area contributed by atoms with E-state index in [2.05, 4.69) is 21.4 Å². The highest BCUT2D eigenvalue weighted by Crippen LogP contribution is 2.29. The monoisotopic (exact) mass is 385 g/mol. The Labute approximate surface area is 165 Å². The van der Waals surface area contributed by atoms with Gasteiger partial charge in [-0.2, -0.15) is 0 Å². The summed E-state index contributed by atoms with van der Waals surface area (Å²) in [5, 5.41) is 0.934. The Hall–Kier alpha value is -2.47. The van der Waals surface area contributed by atoms with Gasteiger partial charge in [0, 0.05) is 30.2 Å². The molecule has 0 fully saturated rings. The van der Waals surface area contributed by atoms with Gasteiger partial charge in [0.15, 0.2) is 5.13 Å². The lowest BCUT2D eigenvalue weighted by Gasteiger charge is -2.20. The summed E-state index contributed by atoms with van der Waals surface area (Å²) >= 11 is 1.63. The van der Waals surface area contributed by atoms with E-state index >= 15 is 0 Å². The molecule has 0 bridgehead atoms. The van der Waals surface area contributed by atoms with Gasteiger partial charge >= 0.3 is 5.97 Å². The van der Waals surface area contributed by atoms with Gasteiger partial charge in [0.05, 0.1) is 6.61 Å². The summed E-state index contributed by atoms with van der Waals surface area (Å²) in [6, 6.07) is 5.90. The van der Waals surface area contributed by atoms with E-state index in [1.165, 1.54) is 0 Å². The fourth-order valence-electron chi connectivity index (χ4n) is 2.59. The van der Waals surface area contributed by atoms with Crippen LogP contribution in [0.15, 0.2) is 49.3 Å². The van der Waals surface area contributed by atoms with Crippen molar-refractivity contribution >= 4 is 34.3 Å². The van der Waals surface area contributed by atoms with Crippen molar-refractivity contribution in [3.05, 3.63) is 54.2 Å². The molecular formula is C21H27N3O2S. The molecule has 0 spiro atoms. The number of rotatable bonds is 12. The van der Waals surface area contributed by atoms with Crippen LogP contribution in [0.1, 0.15) is 43.9 Å². The third-order valence-electron chi connectivity index (χ3n) is 3.88. The number of unbranched alkanes of at least 4 members (excludes halogenated alkanes) is 3. The van der Waals surface area contributed by atoms with Gasteiger partial charge in [0.1, 0.15) is 5.82 Å². The Kier molecular flexibility index (Phi) is 9.27. The molecule has 0 aliphatic carbocycles. The van der Waals surface area contributed by atoms with Gasteiger partial charge in [-0.05, 0) is 38.0 Å². The smallest absolute Gasteiger partial charge is 0.305 e. The van der Waals surface area contributed by atoms with Crippen LogP contribution in [0.4, 0.5) is 10.9 Å². The number of hydrogen-bond acceptors (Lipinski definition) is 6. The summed E-state index contributed by atoms with van der Waals surface area (Å²) in [7, 11) is 0. The zero-order chi connectivity index (χ0) is 19.3. The van der Waals surface area contributed by atoms with Crippen LogP contribution in [-0.4, -0.2) is 29.1 Å². The molecule has 0 atom stereocenters. The van der Waals surface area contributed by atoms with Crippen LogP contribution in [0.25, 0.3) is 6.08 Å². The Morgan fingerprint density at radius 1 is 1.26 bits per heavy atom. The lowest BCUT2D eigenvalue weighted by molar-refractivity contribution is -0.143. The van der Waals surface area contributed by atoms with E-state index in [0.29, 0.717) is 13.0 Å². The molecule has 0 saturated heterocycles. The lowest BCUT2D eigenvalue weighted by Crippen LogP contribution is -2.19. The molecule has 2 aromatic rings. The Balaban J connectivity index is 1.90. The van der Waals surface area contributed by atoms with E-state index in [1.807, 2.05) is 43.5 Å². The highest BCUT2D eigenvalue weighted by atomic mass is 32.1. The molecule has 5 nitrogen and oxygen atoms in total. The van der Waals surface area contributed by atoms with Crippen molar-refractivity contribution in [2.24, 2.45) is 0 Å². The number of ether oxygens (including phenoxy) is 1. The fourth-order valence-corrected chi connectivity index (χ4v) is 3.45. The van der Waals surface area contributed by atoms with Crippen LogP contribution in [0.3, 0.4) is 0 Å². The van der Waals surface area contributed by atoms with E-state index in [4.69, 9.17) is 4.74 Å². The quantitative estimate of drug-likeness (QED) is 0.278. The van der Waals surface area contributed by atoms with Crippen molar-refractivity contribution in [1.29, 1.82) is 0 Å². The molecule has 0 saturated carbocycles. The molecule has 0 aromatic carbocycles. The predicted octanol–water partition coefficient (Wildman–Crippen LogP) is 5.39. The number of carbonyl (C=O) groups is 1. The first-order chi connectivity index (χ1) is 13.2. The number of hydrogen-bond donors (Lipinski definition) is 0. The van der Waals surface area contributed by atoms with E-state index < -0.39 is 0 Å². The maximum atomic E-state index is 11.4. The van der Waals surface area contributed by atoms with Crippen molar-refractivity contribution in [2.75, 3.05) is 18.1 Å². The minimum Gasteiger partial charge on any atom is -0.466 e. The SMILES string of the molecule is C=C/C=C\c1cnc(N(CCCCCCC(=O)OCC)c2ccccn2)s1. The van der Waals surface area contributed by atoms with Crippen molar-refractivity contribution in [1.82, 2.24) is 9.97 Å². The second-order valence-corrected chi connectivity index (χ2v) is 6.99. The second-order valence-electron chi connectivity index (χ2n) is 5.95. The van der Waals surface area contributed by atoms with Gasteiger partial charge in [-0.15, -0.1) is 0 Å². The first-order valence-electron chi connectivity index (χ1n) is 9.33. The molecule has 2 aromatic heterocycles. The minimum atomic E-state index is -0.101. The average Bonchev–Trinajstić information content (AvgIpc) is 3.15. The fraction of sp³-hybridized carbons (Fsp3) is 0.381.